The first kappa shape index (κ1) is 11.4. The van der Waals surface area contributed by atoms with Crippen LogP contribution in [0.4, 0.5) is 10.1 Å². The lowest BCUT2D eigenvalue weighted by Crippen LogP contribution is -2.21. The van der Waals surface area contributed by atoms with Crippen LogP contribution in [0.3, 0.4) is 0 Å². The van der Waals surface area contributed by atoms with Gasteiger partial charge in [-0.1, -0.05) is 6.92 Å². The van der Waals surface area contributed by atoms with Crippen LogP contribution >= 0.6 is 0 Å². The molecule has 1 aromatic carbocycles. The van der Waals surface area contributed by atoms with E-state index in [0.717, 1.165) is 24.3 Å². The highest BCUT2D eigenvalue weighted by Crippen LogP contribution is 2.30. The third-order valence-electron chi connectivity index (χ3n) is 3.32. The minimum Gasteiger partial charge on any atom is -0.371 e. The van der Waals surface area contributed by atoms with Gasteiger partial charge in [0.25, 0.3) is 0 Å². The van der Waals surface area contributed by atoms with E-state index in [1.54, 1.807) is 12.1 Å². The molecule has 2 rings (SSSR count). The largest absolute Gasteiger partial charge is 0.371 e. The summed E-state index contributed by atoms with van der Waals surface area (Å²) in [6, 6.07) is 5.06. The maximum atomic E-state index is 13.3. The monoisotopic (exact) mass is 222 g/mol. The van der Waals surface area contributed by atoms with Gasteiger partial charge >= 0.3 is 0 Å². The van der Waals surface area contributed by atoms with E-state index in [1.165, 1.54) is 12.8 Å². The highest BCUT2D eigenvalue weighted by Gasteiger charge is 2.18. The zero-order chi connectivity index (χ0) is 11.5. The second kappa shape index (κ2) is 4.83. The van der Waals surface area contributed by atoms with Gasteiger partial charge in [-0.3, -0.25) is 0 Å². The van der Waals surface area contributed by atoms with Crippen LogP contribution in [0, 0.1) is 5.82 Å². The second-order valence-corrected chi connectivity index (χ2v) is 4.53. The molecule has 0 saturated carbocycles. The fourth-order valence-corrected chi connectivity index (χ4v) is 2.29. The van der Waals surface area contributed by atoms with Crippen LogP contribution in [0.15, 0.2) is 18.2 Å². The SMILES string of the molecule is CC(CN)c1cc(F)ccc1N1CCCC1. The summed E-state index contributed by atoms with van der Waals surface area (Å²) in [5.41, 5.74) is 7.89. The Morgan fingerprint density at radius 2 is 2.06 bits per heavy atom. The Morgan fingerprint density at radius 3 is 2.69 bits per heavy atom. The molecule has 1 unspecified atom stereocenters. The smallest absolute Gasteiger partial charge is 0.123 e. The molecule has 0 amide bonds. The van der Waals surface area contributed by atoms with Gasteiger partial charge < -0.3 is 10.6 Å². The first-order chi connectivity index (χ1) is 7.72. The Balaban J connectivity index is 2.34. The van der Waals surface area contributed by atoms with E-state index in [9.17, 15) is 4.39 Å². The molecular weight excluding hydrogens is 203 g/mol. The maximum absolute atomic E-state index is 13.3. The molecule has 1 fully saturated rings. The summed E-state index contributed by atoms with van der Waals surface area (Å²) in [6.07, 6.45) is 2.46. The van der Waals surface area contributed by atoms with Crippen LogP contribution in [0.25, 0.3) is 0 Å². The summed E-state index contributed by atoms with van der Waals surface area (Å²) in [5, 5.41) is 0. The molecule has 0 spiro atoms. The molecule has 0 bridgehead atoms. The Labute approximate surface area is 96.2 Å². The quantitative estimate of drug-likeness (QED) is 0.851. The van der Waals surface area contributed by atoms with Crippen LogP contribution in [0.2, 0.25) is 0 Å². The van der Waals surface area contributed by atoms with Crippen molar-refractivity contribution in [2.45, 2.75) is 25.7 Å². The molecule has 0 aromatic heterocycles. The number of halogens is 1. The maximum Gasteiger partial charge on any atom is 0.123 e. The van der Waals surface area contributed by atoms with Crippen molar-refractivity contribution in [2.24, 2.45) is 5.73 Å². The Morgan fingerprint density at radius 1 is 1.38 bits per heavy atom. The molecule has 1 saturated heterocycles. The fraction of sp³-hybridized carbons (Fsp3) is 0.538. The van der Waals surface area contributed by atoms with Crippen LogP contribution < -0.4 is 10.6 Å². The summed E-state index contributed by atoms with van der Waals surface area (Å²) in [4.78, 5) is 2.33. The van der Waals surface area contributed by atoms with E-state index in [4.69, 9.17) is 5.73 Å². The summed E-state index contributed by atoms with van der Waals surface area (Å²) < 4.78 is 13.3. The van der Waals surface area contributed by atoms with E-state index >= 15 is 0 Å². The summed E-state index contributed by atoms with van der Waals surface area (Å²) in [7, 11) is 0. The third kappa shape index (κ3) is 2.19. The molecule has 88 valence electrons. The van der Waals surface area contributed by atoms with E-state index < -0.39 is 0 Å². The van der Waals surface area contributed by atoms with Gasteiger partial charge in [0.05, 0.1) is 0 Å². The molecule has 3 heteroatoms. The molecule has 1 aromatic rings. The molecule has 1 aliphatic rings. The first-order valence-electron chi connectivity index (χ1n) is 5.97. The second-order valence-electron chi connectivity index (χ2n) is 4.53. The van der Waals surface area contributed by atoms with Crippen molar-refractivity contribution in [3.05, 3.63) is 29.6 Å². The van der Waals surface area contributed by atoms with Crippen molar-refractivity contribution in [1.82, 2.24) is 0 Å². The summed E-state index contributed by atoms with van der Waals surface area (Å²) in [6.45, 7) is 4.77. The number of hydrogen-bond donors (Lipinski definition) is 1. The zero-order valence-electron chi connectivity index (χ0n) is 9.75. The standard InChI is InChI=1S/C13H19FN2/c1-10(9-15)12-8-11(14)4-5-13(12)16-6-2-3-7-16/h4-5,8,10H,2-3,6-7,9,15H2,1H3. The van der Waals surface area contributed by atoms with E-state index in [2.05, 4.69) is 4.90 Å². The van der Waals surface area contributed by atoms with Crippen LogP contribution in [0.1, 0.15) is 31.2 Å². The van der Waals surface area contributed by atoms with E-state index in [0.29, 0.717) is 6.54 Å². The number of nitrogens with two attached hydrogens (primary N) is 1. The number of nitrogens with zero attached hydrogens (tertiary/aromatic N) is 1. The Bertz CT molecular complexity index is 359. The molecule has 0 aliphatic carbocycles. The predicted molar refractivity (Wildman–Crippen MR) is 65.3 cm³/mol. The van der Waals surface area contributed by atoms with Gasteiger partial charge in [-0.15, -0.1) is 0 Å². The van der Waals surface area contributed by atoms with Crippen LogP contribution in [-0.2, 0) is 0 Å². The molecule has 2 N–H and O–H groups in total. The fourth-order valence-electron chi connectivity index (χ4n) is 2.29. The van der Waals surface area contributed by atoms with Gasteiger partial charge in [0, 0.05) is 18.8 Å². The zero-order valence-corrected chi connectivity index (χ0v) is 9.75. The number of benzene rings is 1. The topological polar surface area (TPSA) is 29.3 Å². The average molecular weight is 222 g/mol. The van der Waals surface area contributed by atoms with Crippen LogP contribution in [0.5, 0.6) is 0 Å². The highest BCUT2D eigenvalue weighted by atomic mass is 19.1. The summed E-state index contributed by atoms with van der Waals surface area (Å²) in [5.74, 6) is 0.0459. The Kier molecular flexibility index (Phi) is 3.44. The van der Waals surface area contributed by atoms with Gasteiger partial charge in [0.1, 0.15) is 5.82 Å². The molecule has 1 aliphatic heterocycles. The van der Waals surface area contributed by atoms with Gasteiger partial charge in [0.2, 0.25) is 0 Å². The van der Waals surface area contributed by atoms with Gasteiger partial charge in [-0.25, -0.2) is 4.39 Å². The van der Waals surface area contributed by atoms with E-state index in [-0.39, 0.29) is 11.7 Å². The van der Waals surface area contributed by atoms with Crippen LogP contribution in [-0.4, -0.2) is 19.6 Å². The van der Waals surface area contributed by atoms with Gasteiger partial charge in [-0.05, 0) is 49.1 Å². The minimum absolute atomic E-state index is 0.168. The lowest BCUT2D eigenvalue weighted by Gasteiger charge is -2.24. The van der Waals surface area contributed by atoms with E-state index in [1.807, 2.05) is 13.0 Å². The highest BCUT2D eigenvalue weighted by molar-refractivity contribution is 5.56. The van der Waals surface area contributed by atoms with Crippen molar-refractivity contribution in [3.8, 4) is 0 Å². The molecule has 1 heterocycles. The molecule has 0 radical (unpaired) electrons. The lowest BCUT2D eigenvalue weighted by molar-refractivity contribution is 0.621. The third-order valence-corrected chi connectivity index (χ3v) is 3.32. The molecular formula is C13H19FN2. The van der Waals surface area contributed by atoms with Crippen molar-refractivity contribution in [2.75, 3.05) is 24.5 Å². The minimum atomic E-state index is -0.168. The van der Waals surface area contributed by atoms with Crippen molar-refractivity contribution in [1.29, 1.82) is 0 Å². The number of anilines is 1. The van der Waals surface area contributed by atoms with Gasteiger partial charge in [0.15, 0.2) is 0 Å². The number of hydrogen-bond acceptors (Lipinski definition) is 2. The van der Waals surface area contributed by atoms with Crippen molar-refractivity contribution >= 4 is 5.69 Å². The summed E-state index contributed by atoms with van der Waals surface area (Å²) >= 11 is 0. The molecule has 2 nitrogen and oxygen atoms in total. The number of rotatable bonds is 3. The molecule has 16 heavy (non-hydrogen) atoms. The normalized spacial score (nSPS) is 17.8. The van der Waals surface area contributed by atoms with Crippen molar-refractivity contribution in [3.63, 3.8) is 0 Å². The molecule has 1 atom stereocenters. The lowest BCUT2D eigenvalue weighted by atomic mass is 9.98. The average Bonchev–Trinajstić information content (AvgIpc) is 2.81. The predicted octanol–water partition coefficient (Wildman–Crippen LogP) is 2.49. The van der Waals surface area contributed by atoms with Gasteiger partial charge in [-0.2, -0.15) is 0 Å². The Hall–Kier alpha value is -1.09. The first-order valence-corrected chi connectivity index (χ1v) is 5.97. The van der Waals surface area contributed by atoms with Crippen molar-refractivity contribution < 1.29 is 4.39 Å².